The Morgan fingerprint density at radius 1 is 1.15 bits per heavy atom. The first-order chi connectivity index (χ1) is 13.3. The first kappa shape index (κ1) is 17.7. The number of hydrogen-bond acceptors (Lipinski definition) is 10. The zero-order valence-corrected chi connectivity index (χ0v) is 16.3. The van der Waals surface area contributed by atoms with Gasteiger partial charge >= 0.3 is 0 Å². The van der Waals surface area contributed by atoms with E-state index in [-0.39, 0.29) is 0 Å². The molecule has 10 heteroatoms. The predicted molar refractivity (Wildman–Crippen MR) is 107 cm³/mol. The molecule has 140 valence electrons. The average molecular weight is 403 g/mol. The van der Waals surface area contributed by atoms with Crippen molar-refractivity contribution in [3.8, 4) is 22.5 Å². The first-order valence-electron chi connectivity index (χ1n) is 8.39. The highest BCUT2D eigenvalue weighted by atomic mass is 32.1. The van der Waals surface area contributed by atoms with Crippen molar-refractivity contribution in [2.45, 2.75) is 13.0 Å². The van der Waals surface area contributed by atoms with Crippen molar-refractivity contribution < 1.29 is 9.47 Å². The second-order valence-corrected chi connectivity index (χ2v) is 7.31. The van der Waals surface area contributed by atoms with Gasteiger partial charge in [0.2, 0.25) is 5.88 Å². The zero-order valence-electron chi connectivity index (χ0n) is 14.6. The SMILES string of the molecule is COc1cccc(COc2nc(-c3csc(NC4=NCCCN4)n3)cs2)n1. The van der Waals surface area contributed by atoms with Gasteiger partial charge in [0.15, 0.2) is 11.1 Å². The lowest BCUT2D eigenvalue weighted by Gasteiger charge is -2.13. The summed E-state index contributed by atoms with van der Waals surface area (Å²) in [6.07, 6.45) is 1.06. The quantitative estimate of drug-likeness (QED) is 0.654. The van der Waals surface area contributed by atoms with Crippen LogP contribution in [-0.2, 0) is 6.61 Å². The van der Waals surface area contributed by atoms with Gasteiger partial charge in [0.1, 0.15) is 18.0 Å². The van der Waals surface area contributed by atoms with Crippen LogP contribution in [0.1, 0.15) is 12.1 Å². The average Bonchev–Trinajstić information content (AvgIpc) is 3.37. The molecule has 0 spiro atoms. The Balaban J connectivity index is 1.38. The lowest BCUT2D eigenvalue weighted by Crippen LogP contribution is -2.35. The molecule has 8 nitrogen and oxygen atoms in total. The third-order valence-corrected chi connectivity index (χ3v) is 5.22. The zero-order chi connectivity index (χ0) is 18.5. The number of guanidine groups is 1. The molecular formula is C17H18N6O2S2. The number of nitrogens with zero attached hydrogens (tertiary/aromatic N) is 4. The van der Waals surface area contributed by atoms with Crippen LogP contribution in [0.5, 0.6) is 11.1 Å². The van der Waals surface area contributed by atoms with E-state index in [0.717, 1.165) is 47.7 Å². The summed E-state index contributed by atoms with van der Waals surface area (Å²) in [5.41, 5.74) is 2.38. The fraction of sp³-hybridized carbons (Fsp3) is 0.294. The Labute approximate surface area is 164 Å². The van der Waals surface area contributed by atoms with Crippen molar-refractivity contribution in [3.05, 3.63) is 34.7 Å². The maximum absolute atomic E-state index is 5.74. The van der Waals surface area contributed by atoms with Gasteiger partial charge in [-0.2, -0.15) is 0 Å². The van der Waals surface area contributed by atoms with E-state index in [2.05, 4.69) is 30.6 Å². The summed E-state index contributed by atoms with van der Waals surface area (Å²) in [6.45, 7) is 2.10. The van der Waals surface area contributed by atoms with Crippen LogP contribution < -0.4 is 20.1 Å². The molecule has 0 saturated carbocycles. The predicted octanol–water partition coefficient (Wildman–Crippen LogP) is 3.01. The van der Waals surface area contributed by atoms with Gasteiger partial charge in [-0.25, -0.2) is 15.0 Å². The molecule has 0 radical (unpaired) electrons. The van der Waals surface area contributed by atoms with Gasteiger partial charge in [-0.15, -0.1) is 11.3 Å². The van der Waals surface area contributed by atoms with E-state index in [9.17, 15) is 0 Å². The number of aromatic nitrogens is 3. The lowest BCUT2D eigenvalue weighted by atomic mass is 10.4. The van der Waals surface area contributed by atoms with E-state index in [1.807, 2.05) is 22.9 Å². The van der Waals surface area contributed by atoms with Gasteiger partial charge in [-0.1, -0.05) is 17.4 Å². The fourth-order valence-corrected chi connectivity index (χ4v) is 3.76. The van der Waals surface area contributed by atoms with Crippen molar-refractivity contribution in [1.29, 1.82) is 0 Å². The third kappa shape index (κ3) is 4.52. The molecule has 2 N–H and O–H groups in total. The maximum Gasteiger partial charge on any atom is 0.274 e. The van der Waals surface area contributed by atoms with Gasteiger partial charge in [-0.05, 0) is 12.5 Å². The van der Waals surface area contributed by atoms with Gasteiger partial charge < -0.3 is 20.1 Å². The van der Waals surface area contributed by atoms with Crippen molar-refractivity contribution in [3.63, 3.8) is 0 Å². The Morgan fingerprint density at radius 3 is 2.89 bits per heavy atom. The van der Waals surface area contributed by atoms with E-state index in [1.54, 1.807) is 13.2 Å². The first-order valence-corrected chi connectivity index (χ1v) is 10.2. The molecule has 0 aliphatic carbocycles. The number of methoxy groups -OCH3 is 1. The van der Waals surface area contributed by atoms with Gasteiger partial charge in [0.05, 0.1) is 12.8 Å². The number of thiazole rings is 2. The highest BCUT2D eigenvalue weighted by Gasteiger charge is 2.12. The molecule has 1 aliphatic heterocycles. The number of nitrogens with one attached hydrogen (secondary N) is 2. The molecule has 1 aliphatic rings. The summed E-state index contributed by atoms with van der Waals surface area (Å²) >= 11 is 2.95. The van der Waals surface area contributed by atoms with Crippen molar-refractivity contribution in [2.75, 3.05) is 25.5 Å². The molecule has 27 heavy (non-hydrogen) atoms. The van der Waals surface area contributed by atoms with Crippen LogP contribution in [0, 0.1) is 0 Å². The Kier molecular flexibility index (Phi) is 5.45. The standard InChI is InChI=1S/C17H18N6O2S2/c1-24-14-5-2-4-11(20-14)8-25-17-22-13(10-27-17)12-9-26-16(21-12)23-15-18-6-3-7-19-15/h2,4-5,9-10H,3,6-8H2,1H3,(H2,18,19,21,23). The molecule has 4 heterocycles. The van der Waals surface area contributed by atoms with Crippen LogP contribution in [-0.4, -0.2) is 41.1 Å². The smallest absolute Gasteiger partial charge is 0.274 e. The van der Waals surface area contributed by atoms with Crippen molar-refractivity contribution in [2.24, 2.45) is 4.99 Å². The third-order valence-electron chi connectivity index (χ3n) is 3.71. The summed E-state index contributed by atoms with van der Waals surface area (Å²) < 4.78 is 10.9. The van der Waals surface area contributed by atoms with Gasteiger partial charge in [0.25, 0.3) is 5.19 Å². The van der Waals surface area contributed by atoms with Gasteiger partial charge in [-0.3, -0.25) is 4.99 Å². The number of anilines is 1. The molecular weight excluding hydrogens is 384 g/mol. The molecule has 3 aromatic rings. The van der Waals surface area contributed by atoms with Crippen LogP contribution >= 0.6 is 22.7 Å². The second-order valence-electron chi connectivity index (χ2n) is 5.63. The Morgan fingerprint density at radius 2 is 2.04 bits per heavy atom. The summed E-state index contributed by atoms with van der Waals surface area (Å²) in [4.78, 5) is 17.8. The molecule has 0 saturated heterocycles. The Bertz CT molecular complexity index is 939. The normalized spacial score (nSPS) is 13.6. The molecule has 0 atom stereocenters. The van der Waals surface area contributed by atoms with E-state index < -0.39 is 0 Å². The number of ether oxygens (including phenoxy) is 2. The van der Waals surface area contributed by atoms with E-state index in [4.69, 9.17) is 9.47 Å². The number of pyridine rings is 1. The molecule has 0 amide bonds. The second kappa shape index (κ2) is 8.31. The largest absolute Gasteiger partial charge is 0.481 e. The minimum Gasteiger partial charge on any atom is -0.481 e. The highest BCUT2D eigenvalue weighted by molar-refractivity contribution is 7.14. The topological polar surface area (TPSA) is 93.5 Å². The van der Waals surface area contributed by atoms with Crippen LogP contribution in [0.3, 0.4) is 0 Å². The van der Waals surface area contributed by atoms with E-state index >= 15 is 0 Å². The summed E-state index contributed by atoms with van der Waals surface area (Å²) in [5, 5.41) is 11.7. The molecule has 0 unspecified atom stereocenters. The maximum atomic E-state index is 5.74. The monoisotopic (exact) mass is 402 g/mol. The minimum absolute atomic E-state index is 0.333. The molecule has 0 bridgehead atoms. The van der Waals surface area contributed by atoms with Crippen molar-refractivity contribution >= 4 is 33.8 Å². The summed E-state index contributed by atoms with van der Waals surface area (Å²) in [5.74, 6) is 1.34. The van der Waals surface area contributed by atoms with Crippen LogP contribution in [0.4, 0.5) is 5.13 Å². The van der Waals surface area contributed by atoms with Crippen LogP contribution in [0.2, 0.25) is 0 Å². The van der Waals surface area contributed by atoms with Crippen molar-refractivity contribution in [1.82, 2.24) is 20.3 Å². The molecule has 0 aromatic carbocycles. The molecule has 4 rings (SSSR count). The summed E-state index contributed by atoms with van der Waals surface area (Å²) in [7, 11) is 1.59. The van der Waals surface area contributed by atoms with Crippen LogP contribution in [0.15, 0.2) is 34.0 Å². The minimum atomic E-state index is 0.333. The number of aliphatic imine (C=N–C) groups is 1. The number of rotatable bonds is 6. The van der Waals surface area contributed by atoms with Gasteiger partial charge in [0, 0.05) is 29.9 Å². The lowest BCUT2D eigenvalue weighted by molar-refractivity contribution is 0.297. The molecule has 0 fully saturated rings. The number of hydrogen-bond donors (Lipinski definition) is 2. The van der Waals surface area contributed by atoms with Crippen LogP contribution in [0.25, 0.3) is 11.4 Å². The Hall–Kier alpha value is -2.72. The highest BCUT2D eigenvalue weighted by Crippen LogP contribution is 2.29. The summed E-state index contributed by atoms with van der Waals surface area (Å²) in [6, 6.07) is 5.57. The van der Waals surface area contributed by atoms with E-state index in [0.29, 0.717) is 17.7 Å². The fourth-order valence-electron chi connectivity index (χ4n) is 2.39. The van der Waals surface area contributed by atoms with E-state index in [1.165, 1.54) is 22.7 Å². The molecule has 3 aromatic heterocycles.